The van der Waals surface area contributed by atoms with Crippen molar-refractivity contribution in [3.8, 4) is 50.2 Å². The van der Waals surface area contributed by atoms with Gasteiger partial charge in [0.1, 0.15) is 0 Å². The van der Waals surface area contributed by atoms with E-state index >= 15 is 0 Å². The molecule has 0 saturated carbocycles. The van der Waals surface area contributed by atoms with Crippen molar-refractivity contribution in [3.05, 3.63) is 227 Å². The zero-order valence-corrected chi connectivity index (χ0v) is 56.9. The number of hydrogen-bond donors (Lipinski definition) is 0. The van der Waals surface area contributed by atoms with Gasteiger partial charge in [0.15, 0.2) is 0 Å². The van der Waals surface area contributed by atoms with Crippen LogP contribution in [0, 0.1) is 13.8 Å². The molecule has 9 aromatic carbocycles. The lowest BCUT2D eigenvalue weighted by Crippen LogP contribution is -2.25. The van der Waals surface area contributed by atoms with E-state index in [1.54, 1.807) is 11.1 Å². The van der Waals surface area contributed by atoms with E-state index in [1.165, 1.54) is 254 Å². The standard InChI is InChI=1S/C89H106N2/c1-8-13-18-22-24-31-60-89(61-32-25-23-19-14-9-2)83-58-57-79-82-63-73(69-34-29-26-30-35-69)49-59-85(82)91(88(79)87(83)80-56-40-67(7)62-84(80)89)86-65-74(36-27-20-15-10-3)81(64-75(86)37-28-21-16-11-4)72-47-54-78(55-48-72)90(76-50-38-66(6)39-51-76)77-52-45-71(46-53-77)70-43-41-68(42-44-70)33-17-12-5/h26,29-30,34-35,38-59,62-65H,8-25,27-28,31-33,36-37,60-61H2,1-7H3. The summed E-state index contributed by atoms with van der Waals surface area (Å²) in [4.78, 5) is 2.44. The molecule has 10 aromatic rings. The molecule has 91 heavy (non-hydrogen) atoms. The molecule has 1 heterocycles. The Morgan fingerprint density at radius 1 is 0.341 bits per heavy atom. The van der Waals surface area contributed by atoms with Gasteiger partial charge in [-0.05, 0) is 193 Å². The highest BCUT2D eigenvalue weighted by Crippen LogP contribution is 2.58. The van der Waals surface area contributed by atoms with Crippen molar-refractivity contribution in [2.45, 2.75) is 227 Å². The number of rotatable bonds is 34. The van der Waals surface area contributed by atoms with Gasteiger partial charge < -0.3 is 9.47 Å². The van der Waals surface area contributed by atoms with E-state index in [1.807, 2.05) is 0 Å². The molecule has 0 atom stereocenters. The van der Waals surface area contributed by atoms with Crippen molar-refractivity contribution in [2.24, 2.45) is 0 Å². The number of hydrogen-bond acceptors (Lipinski definition) is 1. The highest BCUT2D eigenvalue weighted by Gasteiger charge is 2.44. The quantitative estimate of drug-likeness (QED) is 0.0365. The number of aryl methyl sites for hydroxylation is 5. The molecule has 2 heteroatoms. The highest BCUT2D eigenvalue weighted by molar-refractivity contribution is 6.16. The molecule has 1 aromatic heterocycles. The molecule has 0 amide bonds. The summed E-state index contributed by atoms with van der Waals surface area (Å²) >= 11 is 0. The Kier molecular flexibility index (Phi) is 22.7. The third-order valence-corrected chi connectivity index (χ3v) is 20.5. The van der Waals surface area contributed by atoms with Crippen molar-refractivity contribution in [1.82, 2.24) is 4.57 Å². The van der Waals surface area contributed by atoms with E-state index in [0.717, 1.165) is 36.3 Å². The van der Waals surface area contributed by atoms with Gasteiger partial charge in [-0.25, -0.2) is 0 Å². The van der Waals surface area contributed by atoms with Crippen LogP contribution in [0.5, 0.6) is 0 Å². The first-order valence-electron chi connectivity index (χ1n) is 36.4. The molecule has 0 bridgehead atoms. The summed E-state index contributed by atoms with van der Waals surface area (Å²) in [7, 11) is 0. The number of fused-ring (bicyclic) bond motifs is 7. The average Bonchev–Trinajstić information content (AvgIpc) is 1.53. The molecule has 1 aliphatic carbocycles. The normalized spacial score (nSPS) is 12.5. The lowest BCUT2D eigenvalue weighted by atomic mass is 9.70. The zero-order chi connectivity index (χ0) is 62.9. The molecule has 1 aliphatic rings. The first-order chi connectivity index (χ1) is 44.8. The summed E-state index contributed by atoms with van der Waals surface area (Å²) < 4.78 is 2.82. The maximum atomic E-state index is 2.82. The molecule has 0 fully saturated rings. The Morgan fingerprint density at radius 2 is 0.846 bits per heavy atom. The number of nitrogens with zero attached hydrogens (tertiary/aromatic N) is 2. The van der Waals surface area contributed by atoms with Crippen LogP contribution in [0.2, 0.25) is 0 Å². The highest BCUT2D eigenvalue weighted by atomic mass is 15.1. The van der Waals surface area contributed by atoms with Gasteiger partial charge in [-0.15, -0.1) is 0 Å². The number of anilines is 3. The Morgan fingerprint density at radius 3 is 1.45 bits per heavy atom. The topological polar surface area (TPSA) is 8.17 Å². The zero-order valence-electron chi connectivity index (χ0n) is 56.9. The lowest BCUT2D eigenvalue weighted by Gasteiger charge is -2.33. The van der Waals surface area contributed by atoms with Gasteiger partial charge in [0.25, 0.3) is 0 Å². The minimum absolute atomic E-state index is 0.0286. The van der Waals surface area contributed by atoms with Crippen LogP contribution in [-0.4, -0.2) is 4.57 Å². The van der Waals surface area contributed by atoms with E-state index in [0.29, 0.717) is 0 Å². The monoisotopic (exact) mass is 1200 g/mol. The maximum absolute atomic E-state index is 2.82. The summed E-state index contributed by atoms with van der Waals surface area (Å²) in [6.07, 6.45) is 33.6. The number of aromatic nitrogens is 1. The maximum Gasteiger partial charge on any atom is 0.0622 e. The Balaban J connectivity index is 1.09. The second kappa shape index (κ2) is 31.7. The average molecular weight is 1200 g/mol. The summed E-state index contributed by atoms with van der Waals surface area (Å²) in [6, 6.07) is 73.9. The SMILES string of the molecule is CCCCCCCCC1(CCCCCCCC)c2cc(C)ccc2-c2c1ccc1c3cc(-c4ccccc4)ccc3n(-c3cc(CCCCCC)c(-c4ccc(N(c5ccc(C)cc5)c5ccc(-c6ccc(CCCC)cc6)cc5)cc4)cc3CCCCCC)c21. The fourth-order valence-corrected chi connectivity index (χ4v) is 15.4. The first kappa shape index (κ1) is 65.1. The van der Waals surface area contributed by atoms with Crippen LogP contribution in [0.15, 0.2) is 188 Å². The van der Waals surface area contributed by atoms with Crippen LogP contribution >= 0.6 is 0 Å². The third-order valence-electron chi connectivity index (χ3n) is 20.5. The van der Waals surface area contributed by atoms with Gasteiger partial charge in [0.05, 0.1) is 11.0 Å². The Hall–Kier alpha value is -7.42. The van der Waals surface area contributed by atoms with Gasteiger partial charge >= 0.3 is 0 Å². The Labute approximate surface area is 549 Å². The fraction of sp³-hybridized carbons (Fsp3) is 0.393. The molecule has 0 N–H and O–H groups in total. The molecule has 0 unspecified atom stereocenters. The molecule has 0 saturated heterocycles. The van der Waals surface area contributed by atoms with Crippen LogP contribution in [0.4, 0.5) is 17.1 Å². The fourth-order valence-electron chi connectivity index (χ4n) is 15.4. The van der Waals surface area contributed by atoms with E-state index in [2.05, 4.69) is 246 Å². The van der Waals surface area contributed by atoms with Gasteiger partial charge in [-0.3, -0.25) is 0 Å². The van der Waals surface area contributed by atoms with E-state index in [-0.39, 0.29) is 5.41 Å². The van der Waals surface area contributed by atoms with Gasteiger partial charge in [-0.2, -0.15) is 0 Å². The number of benzene rings is 9. The predicted molar refractivity (Wildman–Crippen MR) is 398 cm³/mol. The van der Waals surface area contributed by atoms with Crippen molar-refractivity contribution in [3.63, 3.8) is 0 Å². The van der Waals surface area contributed by atoms with Crippen molar-refractivity contribution < 1.29 is 0 Å². The van der Waals surface area contributed by atoms with Crippen LogP contribution in [0.3, 0.4) is 0 Å². The van der Waals surface area contributed by atoms with E-state index in [4.69, 9.17) is 0 Å². The van der Waals surface area contributed by atoms with Crippen LogP contribution in [-0.2, 0) is 24.7 Å². The second-order valence-electron chi connectivity index (χ2n) is 27.3. The summed E-state index contributed by atoms with van der Waals surface area (Å²) in [6.45, 7) is 16.2. The van der Waals surface area contributed by atoms with Crippen molar-refractivity contribution in [2.75, 3.05) is 4.90 Å². The molecule has 472 valence electrons. The summed E-state index contributed by atoms with van der Waals surface area (Å²) in [5.74, 6) is 0. The Bertz CT molecular complexity index is 3900. The molecule has 2 nitrogen and oxygen atoms in total. The summed E-state index contributed by atoms with van der Waals surface area (Å²) in [5, 5.41) is 2.72. The molecule has 0 aliphatic heterocycles. The van der Waals surface area contributed by atoms with Crippen molar-refractivity contribution in [1.29, 1.82) is 0 Å². The largest absolute Gasteiger partial charge is 0.311 e. The minimum atomic E-state index is -0.0286. The van der Waals surface area contributed by atoms with Crippen LogP contribution < -0.4 is 4.90 Å². The number of unbranched alkanes of at least 4 members (excludes halogenated alkanes) is 17. The molecular formula is C89H106N2. The van der Waals surface area contributed by atoms with Crippen LogP contribution in [0.1, 0.15) is 228 Å². The van der Waals surface area contributed by atoms with Gasteiger partial charge in [0, 0.05) is 44.5 Å². The van der Waals surface area contributed by atoms with Gasteiger partial charge in [-0.1, -0.05) is 295 Å². The van der Waals surface area contributed by atoms with E-state index in [9.17, 15) is 0 Å². The second-order valence-corrected chi connectivity index (χ2v) is 27.3. The third kappa shape index (κ3) is 14.9. The molecule has 0 spiro atoms. The molecule has 0 radical (unpaired) electrons. The first-order valence-corrected chi connectivity index (χ1v) is 36.4. The van der Waals surface area contributed by atoms with E-state index < -0.39 is 0 Å². The summed E-state index contributed by atoms with van der Waals surface area (Å²) in [5.41, 5.74) is 28.4. The van der Waals surface area contributed by atoms with Gasteiger partial charge in [0.2, 0.25) is 0 Å². The smallest absolute Gasteiger partial charge is 0.0622 e. The molecule has 11 rings (SSSR count). The van der Waals surface area contributed by atoms with Crippen LogP contribution in [0.25, 0.3) is 72.0 Å². The lowest BCUT2D eigenvalue weighted by molar-refractivity contribution is 0.398. The minimum Gasteiger partial charge on any atom is -0.311 e. The van der Waals surface area contributed by atoms with Crippen molar-refractivity contribution >= 4 is 38.9 Å². The predicted octanol–water partition coefficient (Wildman–Crippen LogP) is 27.2. The molecular weight excluding hydrogens is 1100 g/mol.